The van der Waals surface area contributed by atoms with E-state index >= 15 is 0 Å². The average Bonchev–Trinajstić information content (AvgIpc) is 2.17. The third kappa shape index (κ3) is 3.51. The number of rotatable bonds is 3. The average molecular weight is 227 g/mol. The van der Waals surface area contributed by atoms with Crippen LogP contribution < -0.4 is 0 Å². The summed E-state index contributed by atoms with van der Waals surface area (Å²) in [7, 11) is 0. The first-order chi connectivity index (χ1) is 6.95. The molecular formula is C13H19ClO. The molecule has 1 unspecified atom stereocenters. The number of halogens is 1. The summed E-state index contributed by atoms with van der Waals surface area (Å²) in [6, 6.07) is 8.12. The summed E-state index contributed by atoms with van der Waals surface area (Å²) in [5, 5.41) is 9.73. The van der Waals surface area contributed by atoms with Crippen LogP contribution in [0.25, 0.3) is 0 Å². The number of alkyl halides is 1. The minimum atomic E-state index is -0.434. The highest BCUT2D eigenvalue weighted by Crippen LogP contribution is 2.24. The third-order valence-electron chi connectivity index (χ3n) is 2.54. The Bertz CT molecular complexity index is 297. The van der Waals surface area contributed by atoms with Crippen molar-refractivity contribution in [2.45, 2.75) is 38.7 Å². The summed E-state index contributed by atoms with van der Waals surface area (Å²) in [6.45, 7) is 6.53. The minimum Gasteiger partial charge on any atom is -0.388 e. The molecule has 2 heteroatoms. The summed E-state index contributed by atoms with van der Waals surface area (Å²) in [4.78, 5) is 0. The van der Waals surface area contributed by atoms with Gasteiger partial charge in [-0.3, -0.25) is 0 Å². The van der Waals surface area contributed by atoms with E-state index in [0.717, 1.165) is 5.56 Å². The zero-order valence-electron chi connectivity index (χ0n) is 9.63. The first-order valence-electron chi connectivity index (χ1n) is 5.29. The van der Waals surface area contributed by atoms with Gasteiger partial charge < -0.3 is 5.11 Å². The summed E-state index contributed by atoms with van der Waals surface area (Å²) in [6.07, 6.45) is 0.174. The minimum absolute atomic E-state index is 0.163. The van der Waals surface area contributed by atoms with Crippen molar-refractivity contribution in [2.75, 3.05) is 5.88 Å². The molecule has 1 nitrogen and oxygen atoms in total. The second-order valence-electron chi connectivity index (χ2n) is 4.87. The highest BCUT2D eigenvalue weighted by atomic mass is 35.5. The standard InChI is InChI=1S/C13H19ClO/c1-13(2,3)11-6-4-10(5-7-11)12(15)8-9-14/h4-7,12,15H,8-9H2,1-3H3. The van der Waals surface area contributed by atoms with E-state index in [9.17, 15) is 5.11 Å². The molecule has 0 aliphatic heterocycles. The number of hydrogen-bond acceptors (Lipinski definition) is 1. The molecule has 1 N–H and O–H groups in total. The van der Waals surface area contributed by atoms with Crippen LogP contribution in [0.2, 0.25) is 0 Å². The van der Waals surface area contributed by atoms with Crippen LogP contribution in [0.15, 0.2) is 24.3 Å². The Morgan fingerprint density at radius 3 is 2.13 bits per heavy atom. The lowest BCUT2D eigenvalue weighted by Gasteiger charge is -2.19. The van der Waals surface area contributed by atoms with Crippen LogP contribution >= 0.6 is 11.6 Å². The molecule has 1 atom stereocenters. The molecule has 0 aliphatic rings. The van der Waals surface area contributed by atoms with Crippen molar-refractivity contribution >= 4 is 11.6 Å². The van der Waals surface area contributed by atoms with E-state index < -0.39 is 6.10 Å². The van der Waals surface area contributed by atoms with E-state index in [1.807, 2.05) is 12.1 Å². The topological polar surface area (TPSA) is 20.2 Å². The van der Waals surface area contributed by atoms with Gasteiger partial charge in [0.25, 0.3) is 0 Å². The van der Waals surface area contributed by atoms with E-state index in [4.69, 9.17) is 11.6 Å². The predicted molar refractivity (Wildman–Crippen MR) is 65.4 cm³/mol. The summed E-state index contributed by atoms with van der Waals surface area (Å²) < 4.78 is 0. The fourth-order valence-electron chi connectivity index (χ4n) is 1.48. The molecule has 15 heavy (non-hydrogen) atoms. The molecule has 84 valence electrons. The maximum atomic E-state index is 9.73. The zero-order valence-corrected chi connectivity index (χ0v) is 10.4. The molecule has 0 saturated carbocycles. The van der Waals surface area contributed by atoms with E-state index in [-0.39, 0.29) is 5.41 Å². The number of aliphatic hydroxyl groups is 1. The third-order valence-corrected chi connectivity index (χ3v) is 2.76. The maximum absolute atomic E-state index is 9.73. The van der Waals surface area contributed by atoms with E-state index in [0.29, 0.717) is 12.3 Å². The molecule has 0 aromatic heterocycles. The summed E-state index contributed by atoms with van der Waals surface area (Å²) >= 11 is 5.59. The molecule has 1 rings (SSSR count). The van der Waals surface area contributed by atoms with Gasteiger partial charge in [-0.15, -0.1) is 11.6 Å². The molecule has 0 spiro atoms. The highest BCUT2D eigenvalue weighted by Gasteiger charge is 2.14. The second kappa shape index (κ2) is 5.00. The fraction of sp³-hybridized carbons (Fsp3) is 0.538. The largest absolute Gasteiger partial charge is 0.388 e. The fourth-order valence-corrected chi connectivity index (χ4v) is 1.68. The van der Waals surface area contributed by atoms with Gasteiger partial charge in [-0.2, -0.15) is 0 Å². The molecular weight excluding hydrogens is 208 g/mol. The van der Waals surface area contributed by atoms with E-state index in [1.54, 1.807) is 0 Å². The molecule has 1 aromatic carbocycles. The molecule has 0 saturated heterocycles. The van der Waals surface area contributed by atoms with Crippen LogP contribution in [-0.4, -0.2) is 11.0 Å². The van der Waals surface area contributed by atoms with Gasteiger partial charge in [-0.25, -0.2) is 0 Å². The summed E-state index contributed by atoms with van der Waals surface area (Å²) in [5.74, 6) is 0.488. The zero-order chi connectivity index (χ0) is 11.5. The Kier molecular flexibility index (Phi) is 4.18. The number of benzene rings is 1. The Morgan fingerprint density at radius 1 is 1.20 bits per heavy atom. The number of aliphatic hydroxyl groups excluding tert-OH is 1. The normalized spacial score (nSPS) is 13.9. The van der Waals surface area contributed by atoms with Crippen LogP contribution in [-0.2, 0) is 5.41 Å². The molecule has 0 fully saturated rings. The van der Waals surface area contributed by atoms with Gasteiger partial charge in [0, 0.05) is 5.88 Å². The van der Waals surface area contributed by atoms with Crippen LogP contribution in [0, 0.1) is 0 Å². The van der Waals surface area contributed by atoms with Gasteiger partial charge in [-0.1, -0.05) is 45.0 Å². The van der Waals surface area contributed by atoms with Gasteiger partial charge in [0.15, 0.2) is 0 Å². The van der Waals surface area contributed by atoms with E-state index in [1.165, 1.54) is 5.56 Å². The highest BCUT2D eigenvalue weighted by molar-refractivity contribution is 6.17. The molecule has 0 amide bonds. The van der Waals surface area contributed by atoms with Crippen molar-refractivity contribution in [2.24, 2.45) is 0 Å². The van der Waals surface area contributed by atoms with Gasteiger partial charge in [0.1, 0.15) is 0 Å². The van der Waals surface area contributed by atoms with Gasteiger partial charge in [0.05, 0.1) is 6.10 Å². The lowest BCUT2D eigenvalue weighted by atomic mass is 9.86. The van der Waals surface area contributed by atoms with Crippen LogP contribution in [0.3, 0.4) is 0 Å². The molecule has 1 aromatic rings. The quantitative estimate of drug-likeness (QED) is 0.781. The van der Waals surface area contributed by atoms with Crippen LogP contribution in [0.5, 0.6) is 0 Å². The Hall–Kier alpha value is -0.530. The number of hydrogen-bond donors (Lipinski definition) is 1. The SMILES string of the molecule is CC(C)(C)c1ccc(C(O)CCCl)cc1. The molecule has 0 heterocycles. The lowest BCUT2D eigenvalue weighted by molar-refractivity contribution is 0.174. The first kappa shape index (κ1) is 12.5. The Morgan fingerprint density at radius 2 is 1.73 bits per heavy atom. The maximum Gasteiger partial charge on any atom is 0.0801 e. The van der Waals surface area contributed by atoms with Crippen molar-refractivity contribution in [1.82, 2.24) is 0 Å². The lowest BCUT2D eigenvalue weighted by Crippen LogP contribution is -2.11. The second-order valence-corrected chi connectivity index (χ2v) is 5.24. The molecule has 0 aliphatic carbocycles. The first-order valence-corrected chi connectivity index (χ1v) is 5.83. The molecule has 0 bridgehead atoms. The van der Waals surface area contributed by atoms with Crippen molar-refractivity contribution in [3.63, 3.8) is 0 Å². The van der Waals surface area contributed by atoms with Gasteiger partial charge in [-0.05, 0) is 23.0 Å². The van der Waals surface area contributed by atoms with Crippen LogP contribution in [0.4, 0.5) is 0 Å². The summed E-state index contributed by atoms with van der Waals surface area (Å²) in [5.41, 5.74) is 2.39. The van der Waals surface area contributed by atoms with Gasteiger partial charge >= 0.3 is 0 Å². The van der Waals surface area contributed by atoms with E-state index in [2.05, 4.69) is 32.9 Å². The Labute approximate surface area is 97.1 Å². The molecule has 0 radical (unpaired) electrons. The van der Waals surface area contributed by atoms with Crippen LogP contribution in [0.1, 0.15) is 44.4 Å². The van der Waals surface area contributed by atoms with Crippen molar-refractivity contribution in [3.8, 4) is 0 Å². The smallest absolute Gasteiger partial charge is 0.0801 e. The van der Waals surface area contributed by atoms with Crippen molar-refractivity contribution < 1.29 is 5.11 Å². The van der Waals surface area contributed by atoms with Crippen molar-refractivity contribution in [3.05, 3.63) is 35.4 Å². The predicted octanol–water partition coefficient (Wildman–Crippen LogP) is 3.65. The monoisotopic (exact) mass is 226 g/mol. The van der Waals surface area contributed by atoms with Gasteiger partial charge in [0.2, 0.25) is 0 Å². The van der Waals surface area contributed by atoms with Crippen molar-refractivity contribution in [1.29, 1.82) is 0 Å². The Balaban J connectivity index is 2.81.